The van der Waals surface area contributed by atoms with Gasteiger partial charge in [0.25, 0.3) is 0 Å². The van der Waals surface area contributed by atoms with Crippen molar-refractivity contribution in [2.24, 2.45) is 0 Å². The minimum Gasteiger partial charge on any atom is -0.387 e. The standard InChI is InChI=1S/C9H9N.C2H6/c1-3-8-6-4-5-7-9(8)10-2;1-2/h1,4-7,10H,2H3;1-2H3. The van der Waals surface area contributed by atoms with Crippen molar-refractivity contribution < 1.29 is 0 Å². The van der Waals surface area contributed by atoms with Crippen LogP contribution in [0.4, 0.5) is 5.69 Å². The highest BCUT2D eigenvalue weighted by molar-refractivity contribution is 5.57. The topological polar surface area (TPSA) is 12.0 Å². The quantitative estimate of drug-likeness (QED) is 0.624. The van der Waals surface area contributed by atoms with E-state index in [1.807, 2.05) is 45.2 Å². The molecule has 0 unspecified atom stereocenters. The predicted molar refractivity (Wildman–Crippen MR) is 55.3 cm³/mol. The average Bonchev–Trinajstić information content (AvgIpc) is 2.20. The summed E-state index contributed by atoms with van der Waals surface area (Å²) in [7, 11) is 1.86. The Balaban J connectivity index is 0.000000561. The molecule has 0 bridgehead atoms. The van der Waals surface area contributed by atoms with Gasteiger partial charge in [-0.15, -0.1) is 6.42 Å². The Bertz CT molecular complexity index is 258. The third-order valence-corrected chi connectivity index (χ3v) is 1.35. The summed E-state index contributed by atoms with van der Waals surface area (Å²) in [5, 5.41) is 3.00. The highest BCUT2D eigenvalue weighted by Gasteiger charge is 1.91. The molecule has 0 fully saturated rings. The number of nitrogens with one attached hydrogen (secondary N) is 1. The van der Waals surface area contributed by atoms with Crippen molar-refractivity contribution in [3.05, 3.63) is 29.8 Å². The maximum Gasteiger partial charge on any atom is 0.0496 e. The van der Waals surface area contributed by atoms with Crippen molar-refractivity contribution in [1.82, 2.24) is 0 Å². The zero-order valence-electron chi connectivity index (χ0n) is 7.89. The molecule has 1 aromatic carbocycles. The fourth-order valence-corrected chi connectivity index (χ4v) is 0.827. The van der Waals surface area contributed by atoms with Gasteiger partial charge >= 0.3 is 0 Å². The molecule has 1 aromatic rings. The number of terminal acetylenes is 1. The predicted octanol–water partition coefficient (Wildman–Crippen LogP) is 2.74. The summed E-state index contributed by atoms with van der Waals surface area (Å²) in [4.78, 5) is 0. The first-order valence-corrected chi connectivity index (χ1v) is 4.12. The van der Waals surface area contributed by atoms with Crippen LogP contribution in [0.2, 0.25) is 0 Å². The first-order chi connectivity index (χ1) is 5.88. The fourth-order valence-electron chi connectivity index (χ4n) is 0.827. The van der Waals surface area contributed by atoms with Crippen molar-refractivity contribution in [3.63, 3.8) is 0 Å². The minimum absolute atomic E-state index is 0.907. The van der Waals surface area contributed by atoms with Gasteiger partial charge in [-0.25, -0.2) is 0 Å². The molecule has 1 rings (SSSR count). The third kappa shape index (κ3) is 2.67. The fraction of sp³-hybridized carbons (Fsp3) is 0.273. The van der Waals surface area contributed by atoms with Gasteiger partial charge in [-0.05, 0) is 12.1 Å². The van der Waals surface area contributed by atoms with Gasteiger partial charge in [-0.2, -0.15) is 0 Å². The van der Waals surface area contributed by atoms with Crippen LogP contribution in [-0.4, -0.2) is 7.05 Å². The van der Waals surface area contributed by atoms with Crippen LogP contribution in [0.25, 0.3) is 0 Å². The summed E-state index contributed by atoms with van der Waals surface area (Å²) in [6.45, 7) is 4.00. The number of para-hydroxylation sites is 1. The van der Waals surface area contributed by atoms with E-state index >= 15 is 0 Å². The highest BCUT2D eigenvalue weighted by Crippen LogP contribution is 2.11. The van der Waals surface area contributed by atoms with E-state index in [2.05, 4.69) is 11.2 Å². The Morgan fingerprint density at radius 1 is 1.25 bits per heavy atom. The Kier molecular flexibility index (Phi) is 5.55. The van der Waals surface area contributed by atoms with Crippen LogP contribution in [0.5, 0.6) is 0 Å². The summed E-state index contributed by atoms with van der Waals surface area (Å²) in [5.41, 5.74) is 1.91. The summed E-state index contributed by atoms with van der Waals surface area (Å²) >= 11 is 0. The van der Waals surface area contributed by atoms with E-state index in [4.69, 9.17) is 6.42 Å². The number of benzene rings is 1. The smallest absolute Gasteiger partial charge is 0.0496 e. The first kappa shape index (κ1) is 10.6. The Morgan fingerprint density at radius 2 is 1.83 bits per heavy atom. The van der Waals surface area contributed by atoms with Gasteiger partial charge in [0.05, 0.1) is 0 Å². The molecule has 0 atom stereocenters. The van der Waals surface area contributed by atoms with Gasteiger partial charge in [0.2, 0.25) is 0 Å². The minimum atomic E-state index is 0.907. The van der Waals surface area contributed by atoms with E-state index in [1.54, 1.807) is 0 Å². The summed E-state index contributed by atoms with van der Waals surface area (Å²) in [6, 6.07) is 7.74. The molecule has 64 valence electrons. The van der Waals surface area contributed by atoms with Crippen LogP contribution in [0, 0.1) is 12.3 Å². The van der Waals surface area contributed by atoms with Crippen molar-refractivity contribution in [2.45, 2.75) is 13.8 Å². The molecule has 1 heteroatoms. The second-order valence-electron chi connectivity index (χ2n) is 1.94. The van der Waals surface area contributed by atoms with Crippen molar-refractivity contribution >= 4 is 5.69 Å². The molecule has 0 saturated heterocycles. The van der Waals surface area contributed by atoms with Gasteiger partial charge in [0.1, 0.15) is 0 Å². The maximum atomic E-state index is 5.24. The lowest BCUT2D eigenvalue weighted by Gasteiger charge is -2.00. The number of rotatable bonds is 1. The molecular weight excluding hydrogens is 146 g/mol. The molecule has 0 aliphatic heterocycles. The van der Waals surface area contributed by atoms with Gasteiger partial charge in [0.15, 0.2) is 0 Å². The van der Waals surface area contributed by atoms with Gasteiger partial charge < -0.3 is 5.32 Å². The molecule has 0 amide bonds. The largest absolute Gasteiger partial charge is 0.387 e. The van der Waals surface area contributed by atoms with Crippen molar-refractivity contribution in [3.8, 4) is 12.3 Å². The molecule has 0 aliphatic carbocycles. The first-order valence-electron chi connectivity index (χ1n) is 4.12. The number of anilines is 1. The molecule has 0 radical (unpaired) electrons. The Morgan fingerprint density at radius 3 is 2.25 bits per heavy atom. The third-order valence-electron chi connectivity index (χ3n) is 1.35. The van der Waals surface area contributed by atoms with E-state index in [1.165, 1.54) is 0 Å². The molecule has 0 spiro atoms. The molecule has 0 aliphatic rings. The summed E-state index contributed by atoms with van der Waals surface area (Å²) in [6.07, 6.45) is 5.24. The molecule has 0 aromatic heterocycles. The van der Waals surface area contributed by atoms with Crippen LogP contribution >= 0.6 is 0 Å². The van der Waals surface area contributed by atoms with Crippen LogP contribution < -0.4 is 5.32 Å². The molecule has 12 heavy (non-hydrogen) atoms. The maximum absolute atomic E-state index is 5.24. The monoisotopic (exact) mass is 161 g/mol. The molecule has 1 N–H and O–H groups in total. The average molecular weight is 161 g/mol. The van der Waals surface area contributed by atoms with Gasteiger partial charge in [-0.1, -0.05) is 31.9 Å². The SMILES string of the molecule is C#Cc1ccccc1NC.CC. The molecule has 0 saturated carbocycles. The zero-order valence-corrected chi connectivity index (χ0v) is 7.89. The zero-order chi connectivity index (χ0) is 9.40. The highest BCUT2D eigenvalue weighted by atomic mass is 14.8. The number of hydrogen-bond acceptors (Lipinski definition) is 1. The van der Waals surface area contributed by atoms with E-state index in [0.717, 1.165) is 11.3 Å². The van der Waals surface area contributed by atoms with E-state index in [9.17, 15) is 0 Å². The summed E-state index contributed by atoms with van der Waals surface area (Å²) < 4.78 is 0. The van der Waals surface area contributed by atoms with Crippen molar-refractivity contribution in [2.75, 3.05) is 12.4 Å². The van der Waals surface area contributed by atoms with Crippen LogP contribution in [0.3, 0.4) is 0 Å². The second-order valence-corrected chi connectivity index (χ2v) is 1.94. The van der Waals surface area contributed by atoms with E-state index < -0.39 is 0 Å². The van der Waals surface area contributed by atoms with Crippen molar-refractivity contribution in [1.29, 1.82) is 0 Å². The van der Waals surface area contributed by atoms with Gasteiger partial charge in [-0.3, -0.25) is 0 Å². The second kappa shape index (κ2) is 6.30. The number of hydrogen-bond donors (Lipinski definition) is 1. The molecular formula is C11H15N. The van der Waals surface area contributed by atoms with E-state index in [-0.39, 0.29) is 0 Å². The lowest BCUT2D eigenvalue weighted by molar-refractivity contribution is 1.49. The Labute approximate surface area is 74.8 Å². The van der Waals surface area contributed by atoms with Crippen LogP contribution in [0.1, 0.15) is 19.4 Å². The van der Waals surface area contributed by atoms with Gasteiger partial charge in [0, 0.05) is 18.3 Å². The van der Waals surface area contributed by atoms with Crippen LogP contribution in [0.15, 0.2) is 24.3 Å². The normalized spacial score (nSPS) is 7.50. The summed E-state index contributed by atoms with van der Waals surface area (Å²) in [5.74, 6) is 2.58. The van der Waals surface area contributed by atoms with Crippen LogP contribution in [-0.2, 0) is 0 Å². The lowest BCUT2D eigenvalue weighted by atomic mass is 10.2. The van der Waals surface area contributed by atoms with E-state index in [0.29, 0.717) is 0 Å². The lowest BCUT2D eigenvalue weighted by Crippen LogP contribution is -1.90. The Hall–Kier alpha value is -1.42. The molecule has 1 nitrogen and oxygen atoms in total. The molecule has 0 heterocycles.